The Balaban J connectivity index is 2.04. The van der Waals surface area contributed by atoms with E-state index in [4.69, 9.17) is 9.84 Å². The van der Waals surface area contributed by atoms with Gasteiger partial charge in [0.25, 0.3) is 0 Å². The minimum Gasteiger partial charge on any atom is -0.479 e. The highest BCUT2D eigenvalue weighted by Crippen LogP contribution is 2.31. The molecule has 0 radical (unpaired) electrons. The fourth-order valence-electron chi connectivity index (χ4n) is 2.25. The number of ether oxygens (including phenoxy) is 1. The third kappa shape index (κ3) is 1.75. The molecule has 1 fully saturated rings. The van der Waals surface area contributed by atoms with Crippen LogP contribution in [-0.2, 0) is 9.53 Å². The molecule has 3 rings (SSSR count). The Morgan fingerprint density at radius 2 is 2.05 bits per heavy atom. The first-order chi connectivity index (χ1) is 9.50. The Labute approximate surface area is 112 Å². The molecule has 0 aliphatic carbocycles. The van der Waals surface area contributed by atoms with Crippen LogP contribution in [0.1, 0.15) is 11.9 Å². The van der Waals surface area contributed by atoms with E-state index in [1.807, 2.05) is 0 Å². The lowest BCUT2D eigenvalue weighted by Crippen LogP contribution is -2.35. The first-order valence-electron chi connectivity index (χ1n) is 5.89. The van der Waals surface area contributed by atoms with E-state index >= 15 is 0 Å². The molecule has 9 nitrogen and oxygen atoms in total. The number of carbonyl (C=O) groups is 1. The maximum atomic E-state index is 10.9. The molecule has 4 atom stereocenters. The molecule has 0 amide bonds. The van der Waals surface area contributed by atoms with Crippen molar-refractivity contribution in [3.8, 4) is 0 Å². The zero-order chi connectivity index (χ0) is 14.4. The predicted octanol–water partition coefficient (Wildman–Crippen LogP) is -1.16. The summed E-state index contributed by atoms with van der Waals surface area (Å²) < 4.78 is 6.59. The molecular weight excluding hydrogens is 268 g/mol. The lowest BCUT2D eigenvalue weighted by Gasteiger charge is -2.16. The van der Waals surface area contributed by atoms with Crippen LogP contribution in [0.3, 0.4) is 0 Å². The number of aliphatic carboxylic acids is 1. The summed E-state index contributed by atoms with van der Waals surface area (Å²) in [4.78, 5) is 23.1. The van der Waals surface area contributed by atoms with Crippen molar-refractivity contribution in [3.63, 3.8) is 0 Å². The molecule has 1 saturated heterocycles. The summed E-state index contributed by atoms with van der Waals surface area (Å²) in [5.74, 6) is -1.34. The van der Waals surface area contributed by atoms with Gasteiger partial charge in [-0.3, -0.25) is 4.57 Å². The zero-order valence-corrected chi connectivity index (χ0v) is 10.4. The fourth-order valence-corrected chi connectivity index (χ4v) is 2.25. The van der Waals surface area contributed by atoms with E-state index in [0.717, 1.165) is 0 Å². The molecule has 20 heavy (non-hydrogen) atoms. The minimum absolute atomic E-state index is 0.403. The normalized spacial score (nSPS) is 29.9. The summed E-state index contributed by atoms with van der Waals surface area (Å²) in [7, 11) is 0. The maximum absolute atomic E-state index is 10.9. The number of fused-ring (bicyclic) bond motifs is 1. The van der Waals surface area contributed by atoms with Gasteiger partial charge in [-0.05, 0) is 6.92 Å². The van der Waals surface area contributed by atoms with Crippen molar-refractivity contribution in [2.24, 2.45) is 0 Å². The third-order valence-electron chi connectivity index (χ3n) is 3.30. The monoisotopic (exact) mass is 280 g/mol. The highest BCUT2D eigenvalue weighted by molar-refractivity contribution is 5.74. The van der Waals surface area contributed by atoms with Crippen LogP contribution in [0.15, 0.2) is 12.7 Å². The van der Waals surface area contributed by atoms with Crippen LogP contribution in [0.2, 0.25) is 0 Å². The number of imidazole rings is 1. The van der Waals surface area contributed by atoms with Crippen LogP contribution in [0.5, 0.6) is 0 Å². The van der Waals surface area contributed by atoms with Gasteiger partial charge in [0, 0.05) is 0 Å². The number of aliphatic hydroxyl groups excluding tert-OH is 2. The van der Waals surface area contributed by atoms with E-state index in [2.05, 4.69) is 15.0 Å². The summed E-state index contributed by atoms with van der Waals surface area (Å²) in [6.07, 6.45) is -2.75. The molecule has 9 heteroatoms. The van der Waals surface area contributed by atoms with E-state index in [-0.39, 0.29) is 0 Å². The largest absolute Gasteiger partial charge is 0.479 e. The zero-order valence-electron chi connectivity index (χ0n) is 10.4. The summed E-state index contributed by atoms with van der Waals surface area (Å²) in [6, 6.07) is 0. The van der Waals surface area contributed by atoms with E-state index < -0.39 is 30.5 Å². The molecule has 3 N–H and O–H groups in total. The van der Waals surface area contributed by atoms with Gasteiger partial charge in [0.2, 0.25) is 0 Å². The van der Waals surface area contributed by atoms with Crippen LogP contribution < -0.4 is 0 Å². The molecule has 106 valence electrons. The third-order valence-corrected chi connectivity index (χ3v) is 3.30. The highest BCUT2D eigenvalue weighted by atomic mass is 16.6. The minimum atomic E-state index is -1.52. The standard InChI is InChI=1S/C11H12N4O5/c1-4-5-9(13-2-12-4)15(3-14-5)10-7(17)6(16)8(20-10)11(18)19/h2-3,6-8,10,16-17H,1H3,(H,18,19)/t6-,7+,8-,10+/m0/s1. The summed E-state index contributed by atoms with van der Waals surface area (Å²) in [5, 5.41) is 28.6. The second-order valence-electron chi connectivity index (χ2n) is 4.55. The van der Waals surface area contributed by atoms with E-state index in [9.17, 15) is 15.0 Å². The highest BCUT2D eigenvalue weighted by Gasteiger charge is 2.47. The van der Waals surface area contributed by atoms with Gasteiger partial charge >= 0.3 is 5.97 Å². The molecule has 3 heterocycles. The van der Waals surface area contributed by atoms with Gasteiger partial charge in [0.05, 0.1) is 12.0 Å². The van der Waals surface area contributed by atoms with Crippen molar-refractivity contribution in [2.45, 2.75) is 31.5 Å². The lowest BCUT2D eigenvalue weighted by atomic mass is 10.1. The van der Waals surface area contributed by atoms with Gasteiger partial charge in [-0.2, -0.15) is 0 Å². The molecule has 0 saturated carbocycles. The Bertz CT molecular complexity index is 672. The van der Waals surface area contributed by atoms with Crippen molar-refractivity contribution >= 4 is 17.1 Å². The smallest absolute Gasteiger partial charge is 0.335 e. The average Bonchev–Trinajstić information content (AvgIpc) is 2.94. The van der Waals surface area contributed by atoms with Crippen LogP contribution in [0, 0.1) is 6.92 Å². The maximum Gasteiger partial charge on any atom is 0.335 e. The van der Waals surface area contributed by atoms with Gasteiger partial charge < -0.3 is 20.1 Å². The van der Waals surface area contributed by atoms with Crippen molar-refractivity contribution in [1.29, 1.82) is 0 Å². The quantitative estimate of drug-likeness (QED) is 0.627. The van der Waals surface area contributed by atoms with Gasteiger partial charge in [-0.1, -0.05) is 0 Å². The van der Waals surface area contributed by atoms with Crippen LogP contribution >= 0.6 is 0 Å². The van der Waals surface area contributed by atoms with Crippen LogP contribution in [0.4, 0.5) is 0 Å². The Hall–Kier alpha value is -2.10. The van der Waals surface area contributed by atoms with E-state index in [1.54, 1.807) is 6.92 Å². The van der Waals surface area contributed by atoms with Gasteiger partial charge in [-0.15, -0.1) is 0 Å². The molecule has 2 aromatic heterocycles. The molecule has 0 aromatic carbocycles. The molecule has 0 bridgehead atoms. The predicted molar refractivity (Wildman–Crippen MR) is 63.6 cm³/mol. The van der Waals surface area contributed by atoms with Crippen molar-refractivity contribution < 1.29 is 24.9 Å². The number of rotatable bonds is 2. The molecule has 1 aliphatic heterocycles. The molecule has 0 unspecified atom stereocenters. The lowest BCUT2D eigenvalue weighted by molar-refractivity contribution is -0.155. The first kappa shape index (κ1) is 12.9. The topological polar surface area (TPSA) is 131 Å². The van der Waals surface area contributed by atoms with Gasteiger partial charge in [0.1, 0.15) is 24.1 Å². The number of hydrogen-bond donors (Lipinski definition) is 3. The van der Waals surface area contributed by atoms with Crippen molar-refractivity contribution in [2.75, 3.05) is 0 Å². The van der Waals surface area contributed by atoms with E-state index in [1.165, 1.54) is 17.2 Å². The number of aromatic nitrogens is 4. The molecule has 1 aliphatic rings. The second-order valence-corrected chi connectivity index (χ2v) is 4.55. The molecule has 0 spiro atoms. The summed E-state index contributed by atoms with van der Waals surface area (Å²) >= 11 is 0. The van der Waals surface area contributed by atoms with Crippen molar-refractivity contribution in [1.82, 2.24) is 19.5 Å². The van der Waals surface area contributed by atoms with Crippen LogP contribution in [-0.4, -0.2) is 59.1 Å². The molecule has 2 aromatic rings. The first-order valence-corrected chi connectivity index (χ1v) is 5.89. The van der Waals surface area contributed by atoms with Crippen molar-refractivity contribution in [3.05, 3.63) is 18.3 Å². The summed E-state index contributed by atoms with van der Waals surface area (Å²) in [6.45, 7) is 1.75. The van der Waals surface area contributed by atoms with E-state index in [0.29, 0.717) is 16.9 Å². The fraction of sp³-hybridized carbons (Fsp3) is 0.455. The number of aliphatic hydroxyl groups is 2. The number of carboxylic acids is 1. The van der Waals surface area contributed by atoms with Crippen LogP contribution in [0.25, 0.3) is 11.2 Å². The number of hydrogen-bond acceptors (Lipinski definition) is 7. The Kier molecular flexibility index (Phi) is 2.89. The number of carboxylic acid groups (broad SMARTS) is 1. The SMILES string of the molecule is Cc1ncnc2c1ncn2[C@@H]1O[C@H](C(=O)O)[C@@H](O)[C@H]1O. The number of aryl methyl sites for hydroxylation is 1. The molecular formula is C11H12N4O5. The average molecular weight is 280 g/mol. The Morgan fingerprint density at radius 3 is 2.70 bits per heavy atom. The summed E-state index contributed by atoms with van der Waals surface area (Å²) in [5.41, 5.74) is 1.58. The second kappa shape index (κ2) is 4.47. The Morgan fingerprint density at radius 1 is 1.30 bits per heavy atom. The number of nitrogens with zero attached hydrogens (tertiary/aromatic N) is 4. The van der Waals surface area contributed by atoms with Gasteiger partial charge in [0.15, 0.2) is 18.0 Å². The van der Waals surface area contributed by atoms with Gasteiger partial charge in [-0.25, -0.2) is 19.7 Å².